The molecule has 0 unspecified atom stereocenters. The minimum Gasteiger partial charge on any atom is -0.441 e. The van der Waals surface area contributed by atoms with Gasteiger partial charge < -0.3 is 10.5 Å². The molecule has 84 valence electrons. The Balaban J connectivity index is 1.91. The first-order valence-electron chi connectivity index (χ1n) is 5.55. The van der Waals surface area contributed by atoms with Crippen molar-refractivity contribution in [3.63, 3.8) is 0 Å². The van der Waals surface area contributed by atoms with E-state index in [-0.39, 0.29) is 11.7 Å². The molecule has 2 aliphatic rings. The predicted molar refractivity (Wildman–Crippen MR) is 61.3 cm³/mol. The predicted octanol–water partition coefficient (Wildman–Crippen LogP) is 2.15. The molecule has 4 nitrogen and oxygen atoms in total. The third kappa shape index (κ3) is 1.26. The molecule has 0 aromatic heterocycles. The molecular weight excluding hydrogens is 204 g/mol. The van der Waals surface area contributed by atoms with Crippen LogP contribution in [0.3, 0.4) is 0 Å². The number of amides is 1. The Morgan fingerprint density at radius 3 is 2.62 bits per heavy atom. The van der Waals surface area contributed by atoms with Gasteiger partial charge in [0.05, 0.1) is 17.9 Å². The van der Waals surface area contributed by atoms with Gasteiger partial charge in [-0.25, -0.2) is 4.79 Å². The Morgan fingerprint density at radius 1 is 1.31 bits per heavy atom. The molecule has 0 radical (unpaired) electrons. The lowest BCUT2D eigenvalue weighted by atomic mass is 9.80. The molecule has 1 saturated carbocycles. The molecule has 2 fully saturated rings. The highest BCUT2D eigenvalue weighted by atomic mass is 16.6. The van der Waals surface area contributed by atoms with E-state index in [1.54, 1.807) is 11.0 Å². The number of hydrogen-bond acceptors (Lipinski definition) is 3. The molecule has 1 aliphatic heterocycles. The normalized spacial score (nSPS) is 22.0. The van der Waals surface area contributed by atoms with E-state index in [1.165, 1.54) is 0 Å². The highest BCUT2D eigenvalue weighted by Crippen LogP contribution is 2.42. The SMILES string of the molecule is Nc1ccccc1N1CC2(CCC2)OC1=O. The van der Waals surface area contributed by atoms with Crippen molar-refractivity contribution in [1.29, 1.82) is 0 Å². The second kappa shape index (κ2) is 3.14. The van der Waals surface area contributed by atoms with E-state index >= 15 is 0 Å². The number of para-hydroxylation sites is 2. The number of hydrogen-bond donors (Lipinski definition) is 1. The Morgan fingerprint density at radius 2 is 2.06 bits per heavy atom. The molecule has 16 heavy (non-hydrogen) atoms. The van der Waals surface area contributed by atoms with Gasteiger partial charge in [-0.1, -0.05) is 12.1 Å². The Kier molecular flexibility index (Phi) is 1.87. The number of benzene rings is 1. The standard InChI is InChI=1S/C12H14N2O2/c13-9-4-1-2-5-10(9)14-8-12(6-3-7-12)16-11(14)15/h1-2,4-5H,3,6-8,13H2. The van der Waals surface area contributed by atoms with Crippen LogP contribution in [0, 0.1) is 0 Å². The largest absolute Gasteiger partial charge is 0.441 e. The fourth-order valence-corrected chi connectivity index (χ4v) is 2.37. The molecule has 3 rings (SSSR count). The molecule has 1 aromatic carbocycles. The molecular formula is C12H14N2O2. The van der Waals surface area contributed by atoms with E-state index in [0.29, 0.717) is 12.2 Å². The zero-order valence-electron chi connectivity index (χ0n) is 8.98. The van der Waals surface area contributed by atoms with Crippen LogP contribution in [0.5, 0.6) is 0 Å². The zero-order valence-corrected chi connectivity index (χ0v) is 8.98. The lowest BCUT2D eigenvalue weighted by Gasteiger charge is -2.35. The number of ether oxygens (including phenoxy) is 1. The third-order valence-electron chi connectivity index (χ3n) is 3.46. The highest BCUT2D eigenvalue weighted by molar-refractivity contribution is 5.93. The van der Waals surface area contributed by atoms with Crippen molar-refractivity contribution < 1.29 is 9.53 Å². The number of nitrogens with zero attached hydrogens (tertiary/aromatic N) is 1. The molecule has 0 bridgehead atoms. The fraction of sp³-hybridized carbons (Fsp3) is 0.417. The summed E-state index contributed by atoms with van der Waals surface area (Å²) in [5.74, 6) is 0. The van der Waals surface area contributed by atoms with Gasteiger partial charge in [0.1, 0.15) is 5.60 Å². The first-order chi connectivity index (χ1) is 7.70. The van der Waals surface area contributed by atoms with Crippen molar-refractivity contribution in [2.45, 2.75) is 24.9 Å². The number of rotatable bonds is 1. The maximum atomic E-state index is 11.8. The third-order valence-corrected chi connectivity index (χ3v) is 3.46. The summed E-state index contributed by atoms with van der Waals surface area (Å²) in [6.07, 6.45) is 2.83. The maximum Gasteiger partial charge on any atom is 0.415 e. The quantitative estimate of drug-likeness (QED) is 0.735. The lowest BCUT2D eigenvalue weighted by Crippen LogP contribution is -2.41. The second-order valence-electron chi connectivity index (χ2n) is 4.55. The van der Waals surface area contributed by atoms with Gasteiger partial charge in [0.2, 0.25) is 0 Å². The van der Waals surface area contributed by atoms with Crippen molar-refractivity contribution in [3.8, 4) is 0 Å². The second-order valence-corrected chi connectivity index (χ2v) is 4.55. The lowest BCUT2D eigenvalue weighted by molar-refractivity contribution is -0.00649. The van der Waals surface area contributed by atoms with Gasteiger partial charge in [-0.3, -0.25) is 4.90 Å². The molecule has 1 spiro atoms. The number of nitrogen functional groups attached to an aromatic ring is 1. The van der Waals surface area contributed by atoms with Crippen molar-refractivity contribution in [2.75, 3.05) is 17.2 Å². The summed E-state index contributed by atoms with van der Waals surface area (Å²) in [5, 5.41) is 0. The van der Waals surface area contributed by atoms with Crippen LogP contribution in [0.4, 0.5) is 16.2 Å². The van der Waals surface area contributed by atoms with Gasteiger partial charge >= 0.3 is 6.09 Å². The molecule has 0 atom stereocenters. The van der Waals surface area contributed by atoms with E-state index in [0.717, 1.165) is 24.9 Å². The topological polar surface area (TPSA) is 55.6 Å². The summed E-state index contributed by atoms with van der Waals surface area (Å²) in [7, 11) is 0. The fourth-order valence-electron chi connectivity index (χ4n) is 2.37. The summed E-state index contributed by atoms with van der Waals surface area (Å²) < 4.78 is 5.44. The van der Waals surface area contributed by atoms with Crippen molar-refractivity contribution in [1.82, 2.24) is 0 Å². The van der Waals surface area contributed by atoms with Crippen molar-refractivity contribution in [3.05, 3.63) is 24.3 Å². The first kappa shape index (κ1) is 9.51. The molecule has 4 heteroatoms. The van der Waals surface area contributed by atoms with Crippen LogP contribution in [-0.2, 0) is 4.74 Å². The van der Waals surface area contributed by atoms with Gasteiger partial charge in [0, 0.05) is 0 Å². The Hall–Kier alpha value is -1.71. The van der Waals surface area contributed by atoms with E-state index < -0.39 is 0 Å². The summed E-state index contributed by atoms with van der Waals surface area (Å²) in [6, 6.07) is 7.40. The molecule has 1 amide bonds. The minimum atomic E-state index is -0.266. The van der Waals surface area contributed by atoms with Crippen LogP contribution in [-0.4, -0.2) is 18.2 Å². The zero-order chi connectivity index (χ0) is 11.2. The van der Waals surface area contributed by atoms with E-state index in [2.05, 4.69) is 0 Å². The smallest absolute Gasteiger partial charge is 0.415 e. The van der Waals surface area contributed by atoms with Crippen molar-refractivity contribution >= 4 is 17.5 Å². The van der Waals surface area contributed by atoms with E-state index in [4.69, 9.17) is 10.5 Å². The molecule has 2 N–H and O–H groups in total. The van der Waals surface area contributed by atoms with Crippen LogP contribution in [0.1, 0.15) is 19.3 Å². The molecule has 1 heterocycles. The number of anilines is 2. The number of nitrogens with two attached hydrogens (primary N) is 1. The monoisotopic (exact) mass is 218 g/mol. The van der Waals surface area contributed by atoms with Gasteiger partial charge in [-0.2, -0.15) is 0 Å². The first-order valence-corrected chi connectivity index (χ1v) is 5.55. The van der Waals surface area contributed by atoms with Gasteiger partial charge in [-0.15, -0.1) is 0 Å². The Labute approximate surface area is 94.0 Å². The van der Waals surface area contributed by atoms with E-state index in [9.17, 15) is 4.79 Å². The van der Waals surface area contributed by atoms with Gasteiger partial charge in [0.25, 0.3) is 0 Å². The average molecular weight is 218 g/mol. The van der Waals surface area contributed by atoms with Crippen LogP contribution in [0.25, 0.3) is 0 Å². The highest BCUT2D eigenvalue weighted by Gasteiger charge is 2.50. The summed E-state index contributed by atoms with van der Waals surface area (Å²) in [4.78, 5) is 13.4. The molecule has 1 aliphatic carbocycles. The summed E-state index contributed by atoms with van der Waals surface area (Å²) in [5.41, 5.74) is 7.02. The van der Waals surface area contributed by atoms with Gasteiger partial charge in [-0.05, 0) is 31.4 Å². The van der Waals surface area contributed by atoms with Gasteiger partial charge in [0.15, 0.2) is 0 Å². The molecule has 1 aromatic rings. The average Bonchev–Trinajstić information content (AvgIpc) is 2.57. The van der Waals surface area contributed by atoms with Crippen molar-refractivity contribution in [2.24, 2.45) is 0 Å². The Bertz CT molecular complexity index is 440. The van der Waals surface area contributed by atoms with Crippen LogP contribution >= 0.6 is 0 Å². The minimum absolute atomic E-state index is 0.223. The number of carbonyl (C=O) groups is 1. The number of carbonyl (C=O) groups excluding carboxylic acids is 1. The van der Waals surface area contributed by atoms with Crippen LogP contribution in [0.2, 0.25) is 0 Å². The summed E-state index contributed by atoms with van der Waals surface area (Å²) >= 11 is 0. The maximum absolute atomic E-state index is 11.8. The van der Waals surface area contributed by atoms with E-state index in [1.807, 2.05) is 18.2 Å². The van der Waals surface area contributed by atoms with Crippen LogP contribution < -0.4 is 10.6 Å². The van der Waals surface area contributed by atoms with Crippen LogP contribution in [0.15, 0.2) is 24.3 Å². The summed E-state index contributed by atoms with van der Waals surface area (Å²) in [6.45, 7) is 0.639. The molecule has 1 saturated heterocycles.